The van der Waals surface area contributed by atoms with Crippen LogP contribution in [-0.2, 0) is 4.79 Å². The molecule has 1 atom stereocenters. The Hall–Kier alpha value is -0.570. The van der Waals surface area contributed by atoms with Crippen molar-refractivity contribution < 1.29 is 9.90 Å². The molecule has 1 unspecified atom stereocenters. The fourth-order valence-corrected chi connectivity index (χ4v) is 2.14. The summed E-state index contributed by atoms with van der Waals surface area (Å²) >= 11 is 0. The summed E-state index contributed by atoms with van der Waals surface area (Å²) < 4.78 is 0. The highest BCUT2D eigenvalue weighted by Gasteiger charge is 2.16. The Balaban J connectivity index is 2.03. The van der Waals surface area contributed by atoms with Gasteiger partial charge in [0.05, 0.1) is 0 Å². The summed E-state index contributed by atoms with van der Waals surface area (Å²) in [6.45, 7) is 2.15. The number of nitrogens with one attached hydrogen (secondary N) is 1. The molecule has 0 bridgehead atoms. The van der Waals surface area contributed by atoms with Gasteiger partial charge in [-0.25, -0.2) is 0 Å². The van der Waals surface area contributed by atoms with Gasteiger partial charge < -0.3 is 10.4 Å². The van der Waals surface area contributed by atoms with Gasteiger partial charge in [-0.2, -0.15) is 0 Å². The minimum atomic E-state index is -0.682. The number of hydrogen-bond acceptors (Lipinski definition) is 2. The van der Waals surface area contributed by atoms with Gasteiger partial charge in [0.25, 0.3) is 0 Å². The van der Waals surface area contributed by atoms with Gasteiger partial charge in [-0.05, 0) is 32.6 Å². The molecule has 0 aromatic heterocycles. The maximum atomic E-state index is 10.3. The Morgan fingerprint density at radius 2 is 2.14 bits per heavy atom. The van der Waals surface area contributed by atoms with E-state index in [9.17, 15) is 4.79 Å². The van der Waals surface area contributed by atoms with Crippen LogP contribution in [0.3, 0.4) is 0 Å². The second-order valence-electron chi connectivity index (χ2n) is 4.34. The zero-order chi connectivity index (χ0) is 10.4. The summed E-state index contributed by atoms with van der Waals surface area (Å²) in [4.78, 5) is 10.3. The van der Waals surface area contributed by atoms with E-state index in [1.165, 1.54) is 25.7 Å². The molecule has 0 aliphatic heterocycles. The van der Waals surface area contributed by atoms with Crippen molar-refractivity contribution in [3.8, 4) is 0 Å². The van der Waals surface area contributed by atoms with Crippen molar-refractivity contribution in [1.29, 1.82) is 0 Å². The summed E-state index contributed by atoms with van der Waals surface area (Å²) in [6, 6.07) is 1.16. The van der Waals surface area contributed by atoms with Crippen LogP contribution in [0.5, 0.6) is 0 Å². The van der Waals surface area contributed by atoms with Crippen LogP contribution in [0, 0.1) is 0 Å². The molecule has 1 aliphatic rings. The summed E-state index contributed by atoms with van der Waals surface area (Å²) in [5.41, 5.74) is 0. The minimum Gasteiger partial charge on any atom is -0.481 e. The standard InChI is InChI=1S/C11H21NO2/c1-9(5-4-8-11(13)14)12-10-6-2-3-7-10/h9-10,12H,2-8H2,1H3,(H,13,14). The Kier molecular flexibility index (Phi) is 4.94. The van der Waals surface area contributed by atoms with Crippen molar-refractivity contribution in [2.75, 3.05) is 0 Å². The molecule has 0 heterocycles. The Morgan fingerprint density at radius 1 is 1.50 bits per heavy atom. The molecule has 0 radical (unpaired) electrons. The lowest BCUT2D eigenvalue weighted by atomic mass is 10.1. The zero-order valence-electron chi connectivity index (χ0n) is 8.96. The molecule has 1 saturated carbocycles. The van der Waals surface area contributed by atoms with E-state index in [2.05, 4.69) is 12.2 Å². The molecular weight excluding hydrogens is 178 g/mol. The molecule has 0 spiro atoms. The van der Waals surface area contributed by atoms with Crippen molar-refractivity contribution in [1.82, 2.24) is 5.32 Å². The van der Waals surface area contributed by atoms with E-state index in [0.29, 0.717) is 18.5 Å². The summed E-state index contributed by atoms with van der Waals surface area (Å²) in [6.07, 6.45) is 7.35. The van der Waals surface area contributed by atoms with E-state index in [4.69, 9.17) is 5.11 Å². The number of hydrogen-bond donors (Lipinski definition) is 2. The maximum Gasteiger partial charge on any atom is 0.303 e. The van der Waals surface area contributed by atoms with Crippen LogP contribution in [-0.4, -0.2) is 23.2 Å². The SMILES string of the molecule is CC(CCCC(=O)O)NC1CCCC1. The molecule has 1 rings (SSSR count). The van der Waals surface area contributed by atoms with Gasteiger partial charge in [0.1, 0.15) is 0 Å². The number of carboxylic acids is 1. The molecule has 0 aromatic rings. The van der Waals surface area contributed by atoms with Crippen LogP contribution >= 0.6 is 0 Å². The fraction of sp³-hybridized carbons (Fsp3) is 0.909. The van der Waals surface area contributed by atoms with Crippen LogP contribution in [0.2, 0.25) is 0 Å². The molecule has 2 N–H and O–H groups in total. The van der Waals surface area contributed by atoms with Crippen molar-refractivity contribution in [3.63, 3.8) is 0 Å². The first-order valence-electron chi connectivity index (χ1n) is 5.66. The Labute approximate surface area is 85.9 Å². The largest absolute Gasteiger partial charge is 0.481 e. The van der Waals surface area contributed by atoms with Crippen molar-refractivity contribution in [2.24, 2.45) is 0 Å². The topological polar surface area (TPSA) is 49.3 Å². The highest BCUT2D eigenvalue weighted by molar-refractivity contribution is 5.66. The maximum absolute atomic E-state index is 10.3. The fourth-order valence-electron chi connectivity index (χ4n) is 2.14. The smallest absolute Gasteiger partial charge is 0.303 e. The zero-order valence-corrected chi connectivity index (χ0v) is 8.96. The van der Waals surface area contributed by atoms with Crippen LogP contribution in [0.15, 0.2) is 0 Å². The molecule has 1 fully saturated rings. The van der Waals surface area contributed by atoms with E-state index in [0.717, 1.165) is 12.8 Å². The summed E-state index contributed by atoms with van der Waals surface area (Å²) in [5, 5.41) is 12.0. The summed E-state index contributed by atoms with van der Waals surface area (Å²) in [7, 11) is 0. The van der Waals surface area contributed by atoms with Crippen LogP contribution in [0.4, 0.5) is 0 Å². The highest BCUT2D eigenvalue weighted by Crippen LogP contribution is 2.18. The van der Waals surface area contributed by atoms with Gasteiger partial charge in [-0.1, -0.05) is 12.8 Å². The first kappa shape index (κ1) is 11.5. The molecule has 3 nitrogen and oxygen atoms in total. The van der Waals surface area contributed by atoms with Crippen LogP contribution in [0.25, 0.3) is 0 Å². The minimum absolute atomic E-state index is 0.302. The van der Waals surface area contributed by atoms with Gasteiger partial charge in [0.2, 0.25) is 0 Å². The van der Waals surface area contributed by atoms with E-state index < -0.39 is 5.97 Å². The third-order valence-corrected chi connectivity index (χ3v) is 2.90. The highest BCUT2D eigenvalue weighted by atomic mass is 16.4. The van der Waals surface area contributed by atoms with Gasteiger partial charge in [-0.3, -0.25) is 4.79 Å². The van der Waals surface area contributed by atoms with Gasteiger partial charge >= 0.3 is 5.97 Å². The lowest BCUT2D eigenvalue weighted by molar-refractivity contribution is -0.137. The van der Waals surface area contributed by atoms with Gasteiger partial charge in [0, 0.05) is 18.5 Å². The Morgan fingerprint density at radius 3 is 2.71 bits per heavy atom. The third kappa shape index (κ3) is 4.61. The monoisotopic (exact) mass is 199 g/mol. The number of carbonyl (C=O) groups is 1. The van der Waals surface area contributed by atoms with Crippen molar-refractivity contribution in [2.45, 2.75) is 64.0 Å². The van der Waals surface area contributed by atoms with Crippen molar-refractivity contribution in [3.05, 3.63) is 0 Å². The number of carboxylic acid groups (broad SMARTS) is 1. The van der Waals surface area contributed by atoms with E-state index in [1.54, 1.807) is 0 Å². The van der Waals surface area contributed by atoms with E-state index >= 15 is 0 Å². The quantitative estimate of drug-likeness (QED) is 0.689. The molecular formula is C11H21NO2. The van der Waals surface area contributed by atoms with Gasteiger partial charge in [0.15, 0.2) is 0 Å². The lowest BCUT2D eigenvalue weighted by Crippen LogP contribution is -2.34. The normalized spacial score (nSPS) is 19.8. The molecule has 0 saturated heterocycles. The average molecular weight is 199 g/mol. The lowest BCUT2D eigenvalue weighted by Gasteiger charge is -2.18. The van der Waals surface area contributed by atoms with E-state index in [1.807, 2.05) is 0 Å². The second kappa shape index (κ2) is 6.02. The summed E-state index contributed by atoms with van der Waals surface area (Å²) in [5.74, 6) is -0.682. The molecule has 14 heavy (non-hydrogen) atoms. The second-order valence-corrected chi connectivity index (χ2v) is 4.34. The number of aliphatic carboxylic acids is 1. The number of rotatable bonds is 6. The van der Waals surface area contributed by atoms with Crippen LogP contribution < -0.4 is 5.32 Å². The first-order chi connectivity index (χ1) is 6.68. The Bertz CT molecular complexity index is 176. The van der Waals surface area contributed by atoms with Crippen LogP contribution in [0.1, 0.15) is 51.9 Å². The molecule has 3 heteroatoms. The van der Waals surface area contributed by atoms with Crippen molar-refractivity contribution >= 4 is 5.97 Å². The van der Waals surface area contributed by atoms with E-state index in [-0.39, 0.29) is 0 Å². The molecule has 1 aliphatic carbocycles. The first-order valence-corrected chi connectivity index (χ1v) is 5.66. The average Bonchev–Trinajstić information content (AvgIpc) is 2.56. The van der Waals surface area contributed by atoms with Gasteiger partial charge in [-0.15, -0.1) is 0 Å². The third-order valence-electron chi connectivity index (χ3n) is 2.90. The molecule has 0 amide bonds. The molecule has 0 aromatic carbocycles. The predicted octanol–water partition coefficient (Wildman–Crippen LogP) is 2.16. The molecule has 82 valence electrons. The predicted molar refractivity (Wildman–Crippen MR) is 56.3 cm³/mol.